The van der Waals surface area contributed by atoms with E-state index < -0.39 is 10.0 Å². The summed E-state index contributed by atoms with van der Waals surface area (Å²) in [6, 6.07) is 7.56. The fourth-order valence-electron chi connectivity index (χ4n) is 3.04. The number of nitrogens with zero attached hydrogens (tertiary/aromatic N) is 2. The number of carbonyl (C=O) groups excluding carboxylic acids is 1. The molecule has 1 aliphatic rings. The molecule has 0 radical (unpaired) electrons. The van der Waals surface area contributed by atoms with Crippen LogP contribution in [0.5, 0.6) is 0 Å². The zero-order valence-corrected chi connectivity index (χ0v) is 16.6. The van der Waals surface area contributed by atoms with Gasteiger partial charge < -0.3 is 15.0 Å². The average molecular weight is 384 g/mol. The van der Waals surface area contributed by atoms with Crippen LogP contribution in [-0.4, -0.2) is 63.8 Å². The summed E-state index contributed by atoms with van der Waals surface area (Å²) in [4.78, 5) is 14.5. The molecule has 1 fully saturated rings. The normalized spacial score (nSPS) is 17.5. The maximum Gasteiger partial charge on any atom is 0.239 e. The van der Waals surface area contributed by atoms with E-state index in [1.807, 2.05) is 24.3 Å². The Morgan fingerprint density at radius 1 is 1.23 bits per heavy atom. The second-order valence-electron chi connectivity index (χ2n) is 6.46. The van der Waals surface area contributed by atoms with Crippen LogP contribution in [-0.2, 0) is 19.6 Å². The summed E-state index contributed by atoms with van der Waals surface area (Å²) >= 11 is 0. The number of benzene rings is 1. The van der Waals surface area contributed by atoms with E-state index in [0.717, 1.165) is 37.9 Å². The van der Waals surface area contributed by atoms with E-state index in [-0.39, 0.29) is 25.1 Å². The number of nitrogens with one attached hydrogen (secondary N) is 1. The molecule has 1 aliphatic heterocycles. The molecule has 1 amide bonds. The monoisotopic (exact) mass is 383 g/mol. The van der Waals surface area contributed by atoms with Crippen LogP contribution in [0.4, 0.5) is 11.4 Å². The first-order valence-electron chi connectivity index (χ1n) is 9.05. The van der Waals surface area contributed by atoms with Gasteiger partial charge >= 0.3 is 0 Å². The number of hydrogen-bond donors (Lipinski definition) is 1. The van der Waals surface area contributed by atoms with Gasteiger partial charge in [0.1, 0.15) is 0 Å². The second kappa shape index (κ2) is 9.34. The Morgan fingerprint density at radius 2 is 1.88 bits per heavy atom. The third kappa shape index (κ3) is 5.96. The van der Waals surface area contributed by atoms with E-state index in [4.69, 9.17) is 4.74 Å². The molecule has 0 bridgehead atoms. The Bertz CT molecular complexity index is 681. The van der Waals surface area contributed by atoms with Gasteiger partial charge in [-0.3, -0.25) is 4.79 Å². The maximum absolute atomic E-state index is 12.3. The van der Waals surface area contributed by atoms with Gasteiger partial charge in [-0.2, -0.15) is 4.31 Å². The van der Waals surface area contributed by atoms with E-state index in [0.29, 0.717) is 12.3 Å². The Labute approximate surface area is 156 Å². The van der Waals surface area contributed by atoms with Gasteiger partial charge in [-0.1, -0.05) is 0 Å². The van der Waals surface area contributed by atoms with Crippen molar-refractivity contribution >= 4 is 27.3 Å². The van der Waals surface area contributed by atoms with Crippen LogP contribution in [0.1, 0.15) is 26.7 Å². The molecule has 1 atom stereocenters. The number of hydrogen-bond acceptors (Lipinski definition) is 5. The first-order valence-corrected chi connectivity index (χ1v) is 10.9. The van der Waals surface area contributed by atoms with Crippen molar-refractivity contribution in [3.8, 4) is 0 Å². The van der Waals surface area contributed by atoms with Crippen LogP contribution in [0.2, 0.25) is 0 Å². The van der Waals surface area contributed by atoms with Crippen LogP contribution in [0, 0.1) is 0 Å². The van der Waals surface area contributed by atoms with Crippen molar-refractivity contribution < 1.29 is 17.9 Å². The van der Waals surface area contributed by atoms with Crippen molar-refractivity contribution in [1.82, 2.24) is 4.31 Å². The van der Waals surface area contributed by atoms with E-state index in [2.05, 4.69) is 24.1 Å². The Hall–Kier alpha value is -1.64. The number of ether oxygens (including phenoxy) is 1. The SMILES string of the molecule is CCN(CC)c1ccc(NC(=O)CN(CC2CCCO2)S(C)(=O)=O)cc1. The van der Waals surface area contributed by atoms with Crippen molar-refractivity contribution in [2.75, 3.05) is 49.3 Å². The smallest absolute Gasteiger partial charge is 0.239 e. The zero-order chi connectivity index (χ0) is 19.2. The molecule has 146 valence electrons. The van der Waals surface area contributed by atoms with Crippen LogP contribution < -0.4 is 10.2 Å². The highest BCUT2D eigenvalue weighted by atomic mass is 32.2. The third-order valence-electron chi connectivity index (χ3n) is 4.50. The van der Waals surface area contributed by atoms with Gasteiger partial charge in [-0.05, 0) is 51.0 Å². The number of amides is 1. The van der Waals surface area contributed by atoms with Crippen LogP contribution in [0.15, 0.2) is 24.3 Å². The van der Waals surface area contributed by atoms with Crippen LogP contribution >= 0.6 is 0 Å². The summed E-state index contributed by atoms with van der Waals surface area (Å²) in [7, 11) is -3.48. The summed E-state index contributed by atoms with van der Waals surface area (Å²) in [5, 5.41) is 2.77. The molecular formula is C18H29N3O4S. The number of anilines is 2. The summed E-state index contributed by atoms with van der Waals surface area (Å²) in [5.41, 5.74) is 1.74. The summed E-state index contributed by atoms with van der Waals surface area (Å²) in [5.74, 6) is -0.357. The summed E-state index contributed by atoms with van der Waals surface area (Å²) < 4.78 is 30.6. The Morgan fingerprint density at radius 3 is 2.38 bits per heavy atom. The van der Waals surface area contributed by atoms with Gasteiger partial charge in [0.2, 0.25) is 15.9 Å². The predicted molar refractivity (Wildman–Crippen MR) is 104 cm³/mol. The lowest BCUT2D eigenvalue weighted by Crippen LogP contribution is -2.41. The highest BCUT2D eigenvalue weighted by Crippen LogP contribution is 2.18. The Kier molecular flexibility index (Phi) is 7.43. The van der Waals surface area contributed by atoms with Gasteiger partial charge in [-0.15, -0.1) is 0 Å². The quantitative estimate of drug-likeness (QED) is 0.705. The minimum absolute atomic E-state index is 0.133. The summed E-state index contributed by atoms with van der Waals surface area (Å²) in [6.07, 6.45) is 2.73. The lowest BCUT2D eigenvalue weighted by Gasteiger charge is -2.23. The lowest BCUT2D eigenvalue weighted by molar-refractivity contribution is -0.116. The fourth-order valence-corrected chi connectivity index (χ4v) is 3.83. The average Bonchev–Trinajstić information content (AvgIpc) is 3.09. The van der Waals surface area contributed by atoms with Gasteiger partial charge in [0.05, 0.1) is 18.9 Å². The highest BCUT2D eigenvalue weighted by Gasteiger charge is 2.26. The Balaban J connectivity index is 1.96. The lowest BCUT2D eigenvalue weighted by atomic mass is 10.2. The van der Waals surface area contributed by atoms with E-state index in [1.54, 1.807) is 0 Å². The van der Waals surface area contributed by atoms with Crippen molar-refractivity contribution in [1.29, 1.82) is 0 Å². The molecule has 1 aromatic carbocycles. The van der Waals surface area contributed by atoms with Gasteiger partial charge in [0.15, 0.2) is 0 Å². The fraction of sp³-hybridized carbons (Fsp3) is 0.611. The van der Waals surface area contributed by atoms with E-state index in [9.17, 15) is 13.2 Å². The molecule has 1 saturated heterocycles. The maximum atomic E-state index is 12.3. The first kappa shape index (κ1) is 20.7. The number of carbonyl (C=O) groups is 1. The topological polar surface area (TPSA) is 79.0 Å². The summed E-state index contributed by atoms with van der Waals surface area (Å²) in [6.45, 7) is 6.65. The van der Waals surface area contributed by atoms with Crippen molar-refractivity contribution in [2.45, 2.75) is 32.8 Å². The molecule has 1 N–H and O–H groups in total. The van der Waals surface area contributed by atoms with Gasteiger partial charge in [0, 0.05) is 37.6 Å². The number of rotatable bonds is 9. The van der Waals surface area contributed by atoms with Crippen LogP contribution in [0.25, 0.3) is 0 Å². The molecule has 0 aromatic heterocycles. The largest absolute Gasteiger partial charge is 0.377 e. The van der Waals surface area contributed by atoms with Crippen molar-refractivity contribution in [3.05, 3.63) is 24.3 Å². The zero-order valence-electron chi connectivity index (χ0n) is 15.8. The third-order valence-corrected chi connectivity index (χ3v) is 5.72. The minimum atomic E-state index is -3.48. The molecule has 0 saturated carbocycles. The first-order chi connectivity index (χ1) is 12.3. The molecular weight excluding hydrogens is 354 g/mol. The van der Waals surface area contributed by atoms with Crippen molar-refractivity contribution in [3.63, 3.8) is 0 Å². The minimum Gasteiger partial charge on any atom is -0.377 e. The van der Waals surface area contributed by atoms with Gasteiger partial charge in [0.25, 0.3) is 0 Å². The number of sulfonamides is 1. The van der Waals surface area contributed by atoms with E-state index >= 15 is 0 Å². The standard InChI is InChI=1S/C18H29N3O4S/c1-4-20(5-2)16-10-8-15(9-11-16)19-18(22)14-21(26(3,23)24)13-17-7-6-12-25-17/h8-11,17H,4-7,12-14H2,1-3H3,(H,19,22). The molecule has 1 heterocycles. The van der Waals surface area contributed by atoms with E-state index in [1.165, 1.54) is 4.31 Å². The van der Waals surface area contributed by atoms with Crippen LogP contribution in [0.3, 0.4) is 0 Å². The molecule has 2 rings (SSSR count). The highest BCUT2D eigenvalue weighted by molar-refractivity contribution is 7.88. The molecule has 26 heavy (non-hydrogen) atoms. The molecule has 0 spiro atoms. The molecule has 1 unspecified atom stereocenters. The molecule has 0 aliphatic carbocycles. The molecule has 7 nitrogen and oxygen atoms in total. The molecule has 8 heteroatoms. The predicted octanol–water partition coefficient (Wildman–Crippen LogP) is 1.91. The van der Waals surface area contributed by atoms with Gasteiger partial charge in [-0.25, -0.2) is 8.42 Å². The second-order valence-corrected chi connectivity index (χ2v) is 8.44. The molecule has 1 aromatic rings. The van der Waals surface area contributed by atoms with Crippen molar-refractivity contribution in [2.24, 2.45) is 0 Å².